The molecule has 1 N–H and O–H groups in total. The summed E-state index contributed by atoms with van der Waals surface area (Å²) >= 11 is 0. The molecule has 0 aromatic carbocycles. The predicted octanol–water partition coefficient (Wildman–Crippen LogP) is 1.58. The van der Waals surface area contributed by atoms with Gasteiger partial charge in [-0.15, -0.1) is 0 Å². The molecule has 0 aliphatic heterocycles. The van der Waals surface area contributed by atoms with Gasteiger partial charge in [0.15, 0.2) is 0 Å². The van der Waals surface area contributed by atoms with E-state index in [4.69, 9.17) is 9.95 Å². The third kappa shape index (κ3) is 2.12. The predicted molar refractivity (Wildman–Crippen MR) is 47.3 cm³/mol. The quantitative estimate of drug-likeness (QED) is 0.448. The Balaban J connectivity index is 2.89. The van der Waals surface area contributed by atoms with Gasteiger partial charge in [-0.3, -0.25) is 4.79 Å². The van der Waals surface area contributed by atoms with Crippen molar-refractivity contribution in [2.45, 2.75) is 19.1 Å². The number of azide groups is 1. The standard InChI is InChI=1S/C8H9N3O3/c1-5(12)7(10-11-9)8(13)6-3-2-4-14-6/h2-4,7-8,13H,1H3/t7-,8-/m1/s1. The highest BCUT2D eigenvalue weighted by Gasteiger charge is 2.25. The molecule has 74 valence electrons. The lowest BCUT2D eigenvalue weighted by atomic mass is 10.1. The Kier molecular flexibility index (Phi) is 3.28. The molecule has 1 aromatic rings. The monoisotopic (exact) mass is 195 g/mol. The molecule has 14 heavy (non-hydrogen) atoms. The second kappa shape index (κ2) is 4.45. The average molecular weight is 195 g/mol. The van der Waals surface area contributed by atoms with E-state index in [1.807, 2.05) is 0 Å². The van der Waals surface area contributed by atoms with Gasteiger partial charge < -0.3 is 9.52 Å². The Morgan fingerprint density at radius 3 is 2.93 bits per heavy atom. The Morgan fingerprint density at radius 2 is 2.50 bits per heavy atom. The van der Waals surface area contributed by atoms with Gasteiger partial charge in [-0.25, -0.2) is 0 Å². The minimum atomic E-state index is -1.22. The van der Waals surface area contributed by atoms with Crippen molar-refractivity contribution in [2.75, 3.05) is 0 Å². The van der Waals surface area contributed by atoms with E-state index < -0.39 is 17.9 Å². The molecular formula is C8H9N3O3. The zero-order valence-electron chi connectivity index (χ0n) is 7.49. The molecule has 0 aliphatic carbocycles. The van der Waals surface area contributed by atoms with Crippen LogP contribution in [0.15, 0.2) is 27.9 Å². The number of ketones is 1. The van der Waals surface area contributed by atoms with Crippen molar-refractivity contribution in [2.24, 2.45) is 5.11 Å². The van der Waals surface area contributed by atoms with Crippen molar-refractivity contribution in [1.29, 1.82) is 0 Å². The van der Waals surface area contributed by atoms with Crippen LogP contribution in [-0.4, -0.2) is 16.9 Å². The summed E-state index contributed by atoms with van der Waals surface area (Å²) in [6.45, 7) is 1.24. The fourth-order valence-electron chi connectivity index (χ4n) is 1.04. The van der Waals surface area contributed by atoms with Gasteiger partial charge in [-0.2, -0.15) is 0 Å². The number of nitrogens with zero attached hydrogens (tertiary/aromatic N) is 3. The number of hydrogen-bond donors (Lipinski definition) is 1. The summed E-state index contributed by atoms with van der Waals surface area (Å²) in [7, 11) is 0. The highest BCUT2D eigenvalue weighted by molar-refractivity contribution is 5.82. The first kappa shape index (κ1) is 10.3. The minimum absolute atomic E-state index is 0.206. The first-order valence-corrected chi connectivity index (χ1v) is 3.93. The molecule has 0 saturated carbocycles. The molecule has 0 radical (unpaired) electrons. The van der Waals surface area contributed by atoms with Gasteiger partial charge in [0.25, 0.3) is 0 Å². The van der Waals surface area contributed by atoms with E-state index in [0.717, 1.165) is 0 Å². The largest absolute Gasteiger partial charge is 0.467 e. The van der Waals surface area contributed by atoms with E-state index in [9.17, 15) is 9.90 Å². The van der Waals surface area contributed by atoms with Crippen LogP contribution in [0.3, 0.4) is 0 Å². The minimum Gasteiger partial charge on any atom is -0.467 e. The number of furan rings is 1. The van der Waals surface area contributed by atoms with Gasteiger partial charge in [0, 0.05) is 4.91 Å². The first-order valence-electron chi connectivity index (χ1n) is 3.93. The van der Waals surface area contributed by atoms with Crippen LogP contribution in [0.25, 0.3) is 10.4 Å². The molecule has 6 nitrogen and oxygen atoms in total. The van der Waals surface area contributed by atoms with Gasteiger partial charge in [0.2, 0.25) is 0 Å². The second-order valence-corrected chi connectivity index (χ2v) is 2.72. The van der Waals surface area contributed by atoms with Crippen LogP contribution in [-0.2, 0) is 4.79 Å². The Labute approximate surface area is 79.8 Å². The molecule has 1 aromatic heterocycles. The van der Waals surface area contributed by atoms with Crippen LogP contribution in [0.1, 0.15) is 18.8 Å². The molecule has 0 saturated heterocycles. The van der Waals surface area contributed by atoms with Crippen LogP contribution < -0.4 is 0 Å². The molecule has 0 amide bonds. The summed E-state index contributed by atoms with van der Waals surface area (Å²) in [5, 5.41) is 12.8. The third-order valence-electron chi connectivity index (χ3n) is 1.73. The molecule has 6 heteroatoms. The van der Waals surface area contributed by atoms with Crippen LogP contribution in [0, 0.1) is 0 Å². The summed E-state index contributed by atoms with van der Waals surface area (Å²) < 4.78 is 4.89. The highest BCUT2D eigenvalue weighted by Crippen LogP contribution is 2.20. The summed E-state index contributed by atoms with van der Waals surface area (Å²) in [5.74, 6) is -0.204. The number of aliphatic hydroxyl groups is 1. The van der Waals surface area contributed by atoms with Crippen molar-refractivity contribution in [3.05, 3.63) is 34.6 Å². The highest BCUT2D eigenvalue weighted by atomic mass is 16.4. The van der Waals surface area contributed by atoms with Crippen LogP contribution in [0.5, 0.6) is 0 Å². The van der Waals surface area contributed by atoms with Gasteiger partial charge in [-0.1, -0.05) is 5.11 Å². The molecule has 0 fully saturated rings. The second-order valence-electron chi connectivity index (χ2n) is 2.72. The Hall–Kier alpha value is -1.78. The molecule has 1 heterocycles. The topological polar surface area (TPSA) is 99.2 Å². The molecule has 2 atom stereocenters. The van der Waals surface area contributed by atoms with Crippen molar-refractivity contribution in [3.8, 4) is 0 Å². The molecule has 0 spiro atoms. The molecule has 0 aliphatic rings. The summed E-state index contributed by atoms with van der Waals surface area (Å²) in [6, 6.07) is 1.95. The molecular weight excluding hydrogens is 186 g/mol. The lowest BCUT2D eigenvalue weighted by Crippen LogP contribution is -2.23. The van der Waals surface area contributed by atoms with Crippen LogP contribution >= 0.6 is 0 Å². The van der Waals surface area contributed by atoms with Crippen LogP contribution in [0.4, 0.5) is 0 Å². The summed E-state index contributed by atoms with van der Waals surface area (Å²) in [4.78, 5) is 13.5. The fourth-order valence-corrected chi connectivity index (χ4v) is 1.04. The van der Waals surface area contributed by atoms with E-state index in [2.05, 4.69) is 10.0 Å². The van der Waals surface area contributed by atoms with E-state index in [1.165, 1.54) is 19.3 Å². The number of carbonyl (C=O) groups excluding carboxylic acids is 1. The summed E-state index contributed by atoms with van der Waals surface area (Å²) in [6.07, 6.45) is 0.143. The fraction of sp³-hybridized carbons (Fsp3) is 0.375. The number of aliphatic hydroxyl groups excluding tert-OH is 1. The van der Waals surface area contributed by atoms with Crippen molar-refractivity contribution < 1.29 is 14.3 Å². The number of Topliss-reactive ketones (excluding diaryl/α,β-unsaturated/α-hetero) is 1. The van der Waals surface area contributed by atoms with E-state index in [1.54, 1.807) is 6.07 Å². The van der Waals surface area contributed by atoms with Crippen LogP contribution in [0.2, 0.25) is 0 Å². The average Bonchev–Trinajstić information content (AvgIpc) is 2.65. The van der Waals surface area contributed by atoms with Gasteiger partial charge >= 0.3 is 0 Å². The van der Waals surface area contributed by atoms with Gasteiger partial charge in [-0.05, 0) is 24.6 Å². The zero-order valence-corrected chi connectivity index (χ0v) is 7.49. The maximum absolute atomic E-state index is 11.0. The molecule has 1 rings (SSSR count). The van der Waals surface area contributed by atoms with E-state index in [-0.39, 0.29) is 5.76 Å². The molecule has 0 bridgehead atoms. The van der Waals surface area contributed by atoms with Crippen molar-refractivity contribution >= 4 is 5.78 Å². The van der Waals surface area contributed by atoms with Gasteiger partial charge in [0.1, 0.15) is 23.7 Å². The normalized spacial score (nSPS) is 14.1. The zero-order chi connectivity index (χ0) is 10.6. The first-order chi connectivity index (χ1) is 6.66. The maximum Gasteiger partial charge on any atom is 0.141 e. The lowest BCUT2D eigenvalue weighted by Gasteiger charge is -2.12. The van der Waals surface area contributed by atoms with E-state index >= 15 is 0 Å². The van der Waals surface area contributed by atoms with Crippen molar-refractivity contribution in [3.63, 3.8) is 0 Å². The summed E-state index contributed by atoms with van der Waals surface area (Å²) in [5.41, 5.74) is 8.20. The van der Waals surface area contributed by atoms with E-state index in [0.29, 0.717) is 0 Å². The van der Waals surface area contributed by atoms with Crippen molar-refractivity contribution in [1.82, 2.24) is 0 Å². The van der Waals surface area contributed by atoms with Gasteiger partial charge in [0.05, 0.1) is 6.26 Å². The third-order valence-corrected chi connectivity index (χ3v) is 1.73. The number of rotatable bonds is 4. The Morgan fingerprint density at radius 1 is 1.79 bits per heavy atom. The Bertz CT molecular complexity index is 352. The smallest absolute Gasteiger partial charge is 0.141 e. The number of hydrogen-bond acceptors (Lipinski definition) is 4. The SMILES string of the molecule is CC(=O)[C@@H](N=[N+]=[N-])[C@H](O)c1ccco1. The molecule has 0 unspecified atom stereocenters. The lowest BCUT2D eigenvalue weighted by molar-refractivity contribution is -0.120. The number of carbonyl (C=O) groups is 1. The maximum atomic E-state index is 11.0.